The molecule has 0 aliphatic carbocycles. The Hall–Kier alpha value is -3.55. The van der Waals surface area contributed by atoms with E-state index in [1.807, 2.05) is 0 Å². The Morgan fingerprint density at radius 2 is 1.73 bits per heavy atom. The fourth-order valence-electron chi connectivity index (χ4n) is 2.40. The van der Waals surface area contributed by atoms with Gasteiger partial charge in [0.2, 0.25) is 0 Å². The summed E-state index contributed by atoms with van der Waals surface area (Å²) in [7, 11) is 0. The van der Waals surface area contributed by atoms with Crippen molar-refractivity contribution in [1.82, 2.24) is 9.78 Å². The molecule has 3 rings (SSSR count). The highest BCUT2D eigenvalue weighted by Crippen LogP contribution is 2.14. The predicted molar refractivity (Wildman–Crippen MR) is 91.2 cm³/mol. The van der Waals surface area contributed by atoms with Crippen LogP contribution in [-0.4, -0.2) is 15.7 Å². The fourth-order valence-corrected chi connectivity index (χ4v) is 2.40. The van der Waals surface area contributed by atoms with Gasteiger partial charge >= 0.3 is 0 Å². The lowest BCUT2D eigenvalue weighted by Gasteiger charge is -2.09. The van der Waals surface area contributed by atoms with E-state index in [-0.39, 0.29) is 17.7 Å². The van der Waals surface area contributed by atoms with Crippen LogP contribution in [0.2, 0.25) is 0 Å². The Labute approximate surface area is 145 Å². The van der Waals surface area contributed by atoms with Crippen LogP contribution in [0.5, 0.6) is 0 Å². The van der Waals surface area contributed by atoms with Gasteiger partial charge in [0.05, 0.1) is 6.54 Å². The number of carbonyl (C=O) groups is 1. The highest BCUT2D eigenvalue weighted by Gasteiger charge is 2.10. The third kappa shape index (κ3) is 4.10. The van der Waals surface area contributed by atoms with E-state index >= 15 is 0 Å². The van der Waals surface area contributed by atoms with Crippen molar-refractivity contribution in [1.29, 1.82) is 0 Å². The van der Waals surface area contributed by atoms with Crippen LogP contribution in [0.4, 0.5) is 14.5 Å². The first-order chi connectivity index (χ1) is 12.4. The zero-order valence-corrected chi connectivity index (χ0v) is 13.3. The molecule has 132 valence electrons. The van der Waals surface area contributed by atoms with Crippen LogP contribution in [0.1, 0.15) is 15.9 Å². The minimum Gasteiger partial charge on any atom is -0.322 e. The number of H-pyrrole nitrogens is 1. The molecule has 3 aromatic rings. The smallest absolute Gasteiger partial charge is 0.265 e. The van der Waals surface area contributed by atoms with Crippen molar-refractivity contribution in [2.45, 2.75) is 6.54 Å². The van der Waals surface area contributed by atoms with Crippen LogP contribution >= 0.6 is 0 Å². The molecule has 0 radical (unpaired) electrons. The van der Waals surface area contributed by atoms with Gasteiger partial charge in [-0.2, -0.15) is 0 Å². The summed E-state index contributed by atoms with van der Waals surface area (Å²) in [5.41, 5.74) is 0.0636. The highest BCUT2D eigenvalue weighted by atomic mass is 19.1. The van der Waals surface area contributed by atoms with Gasteiger partial charge in [-0.3, -0.25) is 19.5 Å². The second-order valence-corrected chi connectivity index (χ2v) is 5.55. The number of halogens is 2. The van der Waals surface area contributed by atoms with Gasteiger partial charge < -0.3 is 5.32 Å². The van der Waals surface area contributed by atoms with Gasteiger partial charge in [-0.25, -0.2) is 13.5 Å². The first-order valence-corrected chi connectivity index (χ1v) is 7.57. The maximum atomic E-state index is 13.2. The van der Waals surface area contributed by atoms with E-state index in [9.17, 15) is 23.2 Å². The number of rotatable bonds is 4. The SMILES string of the molecule is O=C(Nc1cccc(Cn2[nH]c(=O)ccc2=O)c1)c1cc(F)cc(F)c1. The number of hydrogen-bond acceptors (Lipinski definition) is 3. The van der Waals surface area contributed by atoms with E-state index in [0.717, 1.165) is 28.9 Å². The molecule has 0 saturated heterocycles. The molecule has 1 amide bonds. The van der Waals surface area contributed by atoms with E-state index in [0.29, 0.717) is 17.3 Å². The van der Waals surface area contributed by atoms with Crippen molar-refractivity contribution in [3.63, 3.8) is 0 Å². The van der Waals surface area contributed by atoms with Gasteiger partial charge in [0.15, 0.2) is 0 Å². The molecule has 8 heteroatoms. The summed E-state index contributed by atoms with van der Waals surface area (Å²) < 4.78 is 27.6. The van der Waals surface area contributed by atoms with Crippen LogP contribution in [0, 0.1) is 11.6 Å². The van der Waals surface area contributed by atoms with Crippen molar-refractivity contribution in [2.75, 3.05) is 5.32 Å². The molecular formula is C18H13F2N3O3. The molecule has 0 unspecified atom stereocenters. The molecule has 0 bridgehead atoms. The minimum absolute atomic E-state index is 0.0905. The van der Waals surface area contributed by atoms with Crippen LogP contribution in [-0.2, 0) is 6.54 Å². The lowest BCUT2D eigenvalue weighted by molar-refractivity contribution is 0.102. The van der Waals surface area contributed by atoms with Gasteiger partial charge in [-0.15, -0.1) is 0 Å². The first kappa shape index (κ1) is 17.3. The Bertz CT molecular complexity index is 1070. The number of benzene rings is 2. The maximum Gasteiger partial charge on any atom is 0.265 e. The molecule has 0 fully saturated rings. The Morgan fingerprint density at radius 3 is 2.46 bits per heavy atom. The van der Waals surface area contributed by atoms with E-state index in [4.69, 9.17) is 0 Å². The Balaban J connectivity index is 1.81. The summed E-state index contributed by atoms with van der Waals surface area (Å²) >= 11 is 0. The van der Waals surface area contributed by atoms with Gasteiger partial charge in [0, 0.05) is 29.4 Å². The average molecular weight is 357 g/mol. The summed E-state index contributed by atoms with van der Waals surface area (Å²) in [6.45, 7) is 0.0905. The lowest BCUT2D eigenvalue weighted by Crippen LogP contribution is -2.28. The van der Waals surface area contributed by atoms with E-state index in [1.165, 1.54) is 0 Å². The molecular weight excluding hydrogens is 344 g/mol. The molecule has 0 aliphatic heterocycles. The van der Waals surface area contributed by atoms with Gasteiger partial charge in [0.25, 0.3) is 17.0 Å². The molecule has 6 nitrogen and oxygen atoms in total. The van der Waals surface area contributed by atoms with Crippen LogP contribution in [0.15, 0.2) is 64.2 Å². The van der Waals surface area contributed by atoms with Gasteiger partial charge in [-0.1, -0.05) is 12.1 Å². The van der Waals surface area contributed by atoms with Crippen molar-refractivity contribution < 1.29 is 13.6 Å². The molecule has 26 heavy (non-hydrogen) atoms. The van der Waals surface area contributed by atoms with Crippen molar-refractivity contribution in [3.8, 4) is 0 Å². The number of aromatic amines is 1. The standard InChI is InChI=1S/C18H13F2N3O3/c19-13-7-12(8-14(20)9-13)18(26)21-15-3-1-2-11(6-15)10-23-17(25)5-4-16(24)22-23/h1-9H,10H2,(H,21,26)(H,22,24). The fraction of sp³-hybridized carbons (Fsp3) is 0.0556. The maximum absolute atomic E-state index is 13.2. The zero-order valence-electron chi connectivity index (χ0n) is 13.3. The number of amides is 1. The second-order valence-electron chi connectivity index (χ2n) is 5.55. The highest BCUT2D eigenvalue weighted by molar-refractivity contribution is 6.04. The minimum atomic E-state index is -0.851. The number of hydrogen-bond donors (Lipinski definition) is 2. The van der Waals surface area contributed by atoms with Crippen molar-refractivity contribution in [3.05, 3.63) is 98.1 Å². The van der Waals surface area contributed by atoms with E-state index in [1.54, 1.807) is 24.3 Å². The van der Waals surface area contributed by atoms with Gasteiger partial charge in [-0.05, 0) is 29.8 Å². The molecule has 1 heterocycles. The molecule has 1 aromatic heterocycles. The number of nitrogens with one attached hydrogen (secondary N) is 2. The third-order valence-electron chi connectivity index (χ3n) is 3.54. The summed E-state index contributed by atoms with van der Waals surface area (Å²) in [6.07, 6.45) is 0. The molecule has 0 saturated carbocycles. The molecule has 2 N–H and O–H groups in total. The van der Waals surface area contributed by atoms with E-state index < -0.39 is 23.1 Å². The average Bonchev–Trinajstić information content (AvgIpc) is 2.57. The Morgan fingerprint density at radius 1 is 1.00 bits per heavy atom. The Kier molecular flexibility index (Phi) is 4.74. The molecule has 0 atom stereocenters. The monoisotopic (exact) mass is 357 g/mol. The predicted octanol–water partition coefficient (Wildman–Crippen LogP) is 2.12. The van der Waals surface area contributed by atoms with Crippen LogP contribution in [0.25, 0.3) is 0 Å². The number of carbonyl (C=O) groups excluding carboxylic acids is 1. The van der Waals surface area contributed by atoms with Gasteiger partial charge in [0.1, 0.15) is 11.6 Å². The summed E-state index contributed by atoms with van der Waals surface area (Å²) in [6, 6.07) is 11.3. The van der Waals surface area contributed by atoms with E-state index in [2.05, 4.69) is 10.4 Å². The number of anilines is 1. The van der Waals surface area contributed by atoms with Crippen molar-refractivity contribution >= 4 is 11.6 Å². The number of aromatic nitrogens is 2. The first-order valence-electron chi connectivity index (χ1n) is 7.57. The topological polar surface area (TPSA) is 84.0 Å². The summed E-state index contributed by atoms with van der Waals surface area (Å²) in [5.74, 6) is -2.38. The van der Waals surface area contributed by atoms with Crippen LogP contribution < -0.4 is 16.4 Å². The second kappa shape index (κ2) is 7.14. The number of nitrogens with zero attached hydrogens (tertiary/aromatic N) is 1. The molecule has 0 aliphatic rings. The van der Waals surface area contributed by atoms with Crippen LogP contribution in [0.3, 0.4) is 0 Å². The summed E-state index contributed by atoms with van der Waals surface area (Å²) in [4.78, 5) is 35.2. The van der Waals surface area contributed by atoms with Crippen molar-refractivity contribution in [2.24, 2.45) is 0 Å². The largest absolute Gasteiger partial charge is 0.322 e. The third-order valence-corrected chi connectivity index (χ3v) is 3.54. The lowest BCUT2D eigenvalue weighted by atomic mass is 10.1. The molecule has 0 spiro atoms. The quantitative estimate of drug-likeness (QED) is 0.750. The molecule has 2 aromatic carbocycles. The summed E-state index contributed by atoms with van der Waals surface area (Å²) in [5, 5.41) is 4.93. The normalized spacial score (nSPS) is 10.5. The zero-order chi connectivity index (χ0) is 18.7.